The van der Waals surface area contributed by atoms with Crippen molar-refractivity contribution in [2.24, 2.45) is 0 Å². The van der Waals surface area contributed by atoms with Crippen molar-refractivity contribution in [3.8, 4) is 28.7 Å². The monoisotopic (exact) mass is 497 g/mol. The molecule has 2 aromatic carbocycles. The molecule has 182 valence electrons. The van der Waals surface area contributed by atoms with E-state index in [1.54, 1.807) is 47.8 Å². The molecular weight excluding hydrogens is 474 g/mol. The summed E-state index contributed by atoms with van der Waals surface area (Å²) in [5.74, 6) is 1.31. The maximum absolute atomic E-state index is 13.5. The van der Waals surface area contributed by atoms with Crippen LogP contribution in [0.15, 0.2) is 57.4 Å². The molecule has 2 aromatic heterocycles. The minimum Gasteiger partial charge on any atom is -0.497 e. The van der Waals surface area contributed by atoms with Gasteiger partial charge < -0.3 is 24.3 Å². The van der Waals surface area contributed by atoms with E-state index in [-0.39, 0.29) is 12.2 Å². The molecule has 0 saturated heterocycles. The van der Waals surface area contributed by atoms with E-state index >= 15 is 0 Å². The number of hydrogen-bond donors (Lipinski definition) is 1. The van der Waals surface area contributed by atoms with Gasteiger partial charge in [0.15, 0.2) is 0 Å². The summed E-state index contributed by atoms with van der Waals surface area (Å²) < 4.78 is 23.7. The van der Waals surface area contributed by atoms with Gasteiger partial charge in [0.2, 0.25) is 5.91 Å². The summed E-state index contributed by atoms with van der Waals surface area (Å²) in [5, 5.41) is 4.45. The second-order valence-corrected chi connectivity index (χ2v) is 8.25. The Bertz CT molecular complexity index is 1500. The molecule has 10 nitrogen and oxygen atoms in total. The quantitative estimate of drug-likeness (QED) is 0.399. The third-order valence-electron chi connectivity index (χ3n) is 5.33. The van der Waals surface area contributed by atoms with E-state index in [9.17, 15) is 14.4 Å². The zero-order chi connectivity index (χ0) is 25.1. The van der Waals surface area contributed by atoms with E-state index in [1.807, 2.05) is 0 Å². The van der Waals surface area contributed by atoms with Gasteiger partial charge in [-0.15, -0.1) is 11.3 Å². The molecule has 1 amide bonds. The van der Waals surface area contributed by atoms with Crippen LogP contribution in [0, 0.1) is 0 Å². The molecule has 0 aliphatic heterocycles. The molecule has 2 heterocycles. The van der Waals surface area contributed by atoms with Crippen LogP contribution in [0.1, 0.15) is 0 Å². The Morgan fingerprint density at radius 1 is 0.886 bits per heavy atom. The second-order valence-electron chi connectivity index (χ2n) is 7.33. The number of benzene rings is 2. The largest absolute Gasteiger partial charge is 0.497 e. The number of fused-ring (bicyclic) bond motifs is 1. The SMILES string of the molecule is COc1cc(OC)cc(-n2c(=O)c3sccc3n(CC(=O)Nc3ccc(OC)cc3OC)c2=O)c1. The number of ether oxygens (including phenoxy) is 4. The molecule has 35 heavy (non-hydrogen) atoms. The van der Waals surface area contributed by atoms with Crippen LogP contribution in [0.25, 0.3) is 15.9 Å². The van der Waals surface area contributed by atoms with Crippen molar-refractivity contribution in [1.82, 2.24) is 9.13 Å². The van der Waals surface area contributed by atoms with E-state index in [1.165, 1.54) is 44.3 Å². The predicted molar refractivity (Wildman–Crippen MR) is 133 cm³/mol. The van der Waals surface area contributed by atoms with E-state index in [0.29, 0.717) is 38.9 Å². The van der Waals surface area contributed by atoms with Crippen molar-refractivity contribution in [2.45, 2.75) is 6.54 Å². The van der Waals surface area contributed by atoms with Crippen LogP contribution in [0.4, 0.5) is 5.69 Å². The molecule has 0 bridgehead atoms. The molecular formula is C24H23N3O7S. The van der Waals surface area contributed by atoms with Crippen molar-refractivity contribution in [3.63, 3.8) is 0 Å². The maximum Gasteiger partial charge on any atom is 0.336 e. The number of carbonyl (C=O) groups excluding carboxylic acids is 1. The van der Waals surface area contributed by atoms with Crippen molar-refractivity contribution in [2.75, 3.05) is 33.8 Å². The number of nitrogens with zero attached hydrogens (tertiary/aromatic N) is 2. The number of amides is 1. The Labute approximate surface area is 203 Å². The van der Waals surface area contributed by atoms with E-state index in [2.05, 4.69) is 5.32 Å². The normalized spacial score (nSPS) is 10.7. The predicted octanol–water partition coefficient (Wildman–Crippen LogP) is 2.89. The van der Waals surface area contributed by atoms with Crippen LogP contribution in [0.2, 0.25) is 0 Å². The van der Waals surface area contributed by atoms with Gasteiger partial charge in [-0.1, -0.05) is 0 Å². The average Bonchev–Trinajstić information content (AvgIpc) is 3.37. The number of rotatable bonds is 8. The number of methoxy groups -OCH3 is 4. The fourth-order valence-corrected chi connectivity index (χ4v) is 4.45. The molecule has 0 unspecified atom stereocenters. The molecule has 0 spiro atoms. The summed E-state index contributed by atoms with van der Waals surface area (Å²) >= 11 is 1.19. The smallest absolute Gasteiger partial charge is 0.336 e. The highest BCUT2D eigenvalue weighted by Gasteiger charge is 2.19. The molecule has 0 saturated carbocycles. The third kappa shape index (κ3) is 4.58. The van der Waals surface area contributed by atoms with E-state index < -0.39 is 17.2 Å². The molecule has 4 rings (SSSR count). The Hall–Kier alpha value is -4.25. The number of hydrogen-bond acceptors (Lipinski definition) is 8. The van der Waals surface area contributed by atoms with Crippen LogP contribution in [0.5, 0.6) is 23.0 Å². The minimum atomic E-state index is -0.673. The fraction of sp³-hybridized carbons (Fsp3) is 0.208. The van der Waals surface area contributed by atoms with Crippen LogP contribution in [0.3, 0.4) is 0 Å². The van der Waals surface area contributed by atoms with E-state index in [4.69, 9.17) is 18.9 Å². The molecule has 0 radical (unpaired) electrons. The van der Waals surface area contributed by atoms with Crippen LogP contribution >= 0.6 is 11.3 Å². The molecule has 0 fully saturated rings. The van der Waals surface area contributed by atoms with Gasteiger partial charge in [-0.25, -0.2) is 9.36 Å². The first-order chi connectivity index (χ1) is 16.9. The molecule has 11 heteroatoms. The molecule has 0 atom stereocenters. The summed E-state index contributed by atoms with van der Waals surface area (Å²) in [5.41, 5.74) is -0.124. The Morgan fingerprint density at radius 3 is 2.20 bits per heavy atom. The van der Waals surface area contributed by atoms with Crippen LogP contribution < -0.4 is 35.5 Å². The third-order valence-corrected chi connectivity index (χ3v) is 6.23. The molecule has 0 aliphatic carbocycles. The summed E-state index contributed by atoms with van der Waals surface area (Å²) in [4.78, 5) is 39.7. The lowest BCUT2D eigenvalue weighted by atomic mass is 10.2. The van der Waals surface area contributed by atoms with Gasteiger partial charge in [0.1, 0.15) is 34.2 Å². The minimum absolute atomic E-state index is 0.262. The lowest BCUT2D eigenvalue weighted by Crippen LogP contribution is -2.40. The lowest BCUT2D eigenvalue weighted by molar-refractivity contribution is -0.116. The zero-order valence-electron chi connectivity index (χ0n) is 19.5. The summed E-state index contributed by atoms with van der Waals surface area (Å²) in [6, 6.07) is 11.3. The Morgan fingerprint density at radius 2 is 1.57 bits per heavy atom. The van der Waals surface area contributed by atoms with E-state index in [0.717, 1.165) is 4.57 Å². The topological polar surface area (TPSA) is 110 Å². The van der Waals surface area contributed by atoms with Gasteiger partial charge >= 0.3 is 5.69 Å². The van der Waals surface area contributed by atoms with Gasteiger partial charge in [0, 0.05) is 24.3 Å². The number of nitrogens with one attached hydrogen (secondary N) is 1. The van der Waals surface area contributed by atoms with Gasteiger partial charge in [-0.3, -0.25) is 14.2 Å². The van der Waals surface area contributed by atoms with Gasteiger partial charge in [0.25, 0.3) is 5.56 Å². The summed E-state index contributed by atoms with van der Waals surface area (Å²) in [7, 11) is 5.94. The van der Waals surface area contributed by atoms with Crippen molar-refractivity contribution in [1.29, 1.82) is 0 Å². The molecule has 1 N–H and O–H groups in total. The van der Waals surface area contributed by atoms with Gasteiger partial charge in [-0.2, -0.15) is 0 Å². The number of carbonyl (C=O) groups is 1. The first-order valence-electron chi connectivity index (χ1n) is 10.4. The maximum atomic E-state index is 13.5. The van der Waals surface area contributed by atoms with Crippen LogP contribution in [-0.4, -0.2) is 43.5 Å². The standard InChI is InChI=1S/C24H23N3O7S/c1-31-15-5-6-18(20(12-15)34-4)25-21(28)13-26-19-7-8-35-22(19)23(29)27(24(26)30)14-9-16(32-2)11-17(10-14)33-3/h5-12H,13H2,1-4H3,(H,25,28). The highest BCUT2D eigenvalue weighted by molar-refractivity contribution is 7.17. The number of thiophene rings is 1. The van der Waals surface area contributed by atoms with Crippen molar-refractivity contribution >= 4 is 33.1 Å². The highest BCUT2D eigenvalue weighted by Crippen LogP contribution is 2.29. The highest BCUT2D eigenvalue weighted by atomic mass is 32.1. The first-order valence-corrected chi connectivity index (χ1v) is 11.3. The number of aromatic nitrogens is 2. The molecule has 0 aliphatic rings. The van der Waals surface area contributed by atoms with Gasteiger partial charge in [-0.05, 0) is 23.6 Å². The fourth-order valence-electron chi connectivity index (χ4n) is 3.62. The Kier molecular flexibility index (Phi) is 6.78. The van der Waals surface area contributed by atoms with Crippen molar-refractivity contribution in [3.05, 3.63) is 68.7 Å². The summed E-state index contributed by atoms with van der Waals surface area (Å²) in [6.45, 7) is -0.331. The van der Waals surface area contributed by atoms with Crippen molar-refractivity contribution < 1.29 is 23.7 Å². The molecule has 4 aromatic rings. The number of anilines is 1. The first kappa shape index (κ1) is 23.9. The second kappa shape index (κ2) is 9.94. The zero-order valence-corrected chi connectivity index (χ0v) is 20.3. The average molecular weight is 498 g/mol. The van der Waals surface area contributed by atoms with Crippen LogP contribution in [-0.2, 0) is 11.3 Å². The Balaban J connectivity index is 1.78. The van der Waals surface area contributed by atoms with Gasteiger partial charge in [0.05, 0.1) is 45.3 Å². The summed E-state index contributed by atoms with van der Waals surface area (Å²) in [6.07, 6.45) is 0. The lowest BCUT2D eigenvalue weighted by Gasteiger charge is -2.15.